The van der Waals surface area contributed by atoms with E-state index in [2.05, 4.69) is 38.4 Å². The number of allylic oxidation sites excluding steroid dienone is 1. The zero-order valence-electron chi connectivity index (χ0n) is 16.1. The molecule has 150 valence electrons. The molecular weight excluding hydrogens is 459 g/mol. The molecule has 2 N–H and O–H groups in total. The summed E-state index contributed by atoms with van der Waals surface area (Å²) in [5.74, 6) is 3.42. The van der Waals surface area contributed by atoms with Crippen molar-refractivity contribution in [3.63, 3.8) is 0 Å². The van der Waals surface area contributed by atoms with E-state index in [1.165, 1.54) is 43.6 Å². The topological polar surface area (TPSA) is 48.9 Å². The Labute approximate surface area is 180 Å². The fraction of sp³-hybridized carbons (Fsp3) is 0.842. The number of thioether (sulfide) groups is 1. The third kappa shape index (κ3) is 6.27. The molecule has 3 rings (SSSR count). The predicted molar refractivity (Wildman–Crippen MR) is 123 cm³/mol. The molecule has 26 heavy (non-hydrogen) atoms. The second kappa shape index (κ2) is 11.8. The minimum atomic E-state index is 0. The van der Waals surface area contributed by atoms with Crippen LogP contribution in [-0.2, 0) is 4.74 Å². The molecule has 7 heteroatoms. The quantitative estimate of drug-likeness (QED) is 0.258. The van der Waals surface area contributed by atoms with E-state index in [1.54, 1.807) is 5.57 Å². The zero-order chi connectivity index (χ0) is 17.4. The van der Waals surface area contributed by atoms with Crippen molar-refractivity contribution < 1.29 is 4.74 Å². The molecule has 0 saturated carbocycles. The molecule has 0 radical (unpaired) electrons. The summed E-state index contributed by atoms with van der Waals surface area (Å²) in [5, 5.41) is 7.12. The van der Waals surface area contributed by atoms with Crippen LogP contribution >= 0.6 is 35.7 Å². The van der Waals surface area contributed by atoms with Gasteiger partial charge in [0.2, 0.25) is 0 Å². The summed E-state index contributed by atoms with van der Waals surface area (Å²) in [6, 6.07) is 0. The highest BCUT2D eigenvalue weighted by atomic mass is 127. The molecule has 2 heterocycles. The average molecular weight is 494 g/mol. The van der Waals surface area contributed by atoms with Gasteiger partial charge in [0.1, 0.15) is 0 Å². The van der Waals surface area contributed by atoms with Crippen molar-refractivity contribution in [2.24, 2.45) is 4.99 Å². The van der Waals surface area contributed by atoms with Crippen LogP contribution in [0.3, 0.4) is 0 Å². The van der Waals surface area contributed by atoms with Gasteiger partial charge in [0, 0.05) is 44.5 Å². The Balaban J connectivity index is 0.00000243. The highest BCUT2D eigenvalue weighted by Crippen LogP contribution is 2.33. The number of rotatable bonds is 6. The standard InChI is InChI=1S/C19H34N4OS.HI/c1-20-18(21-9-7-17-5-3-2-4-6-17)22-15-19(8-14-25-16-19)23-10-12-24-13-11-23;/h5H,2-4,6-16H2,1H3,(H2,20,21,22);1H. The van der Waals surface area contributed by atoms with Crippen LogP contribution in [0.2, 0.25) is 0 Å². The molecule has 1 atom stereocenters. The van der Waals surface area contributed by atoms with Crippen LogP contribution in [-0.4, -0.2) is 74.3 Å². The number of hydrogen-bond donors (Lipinski definition) is 2. The summed E-state index contributed by atoms with van der Waals surface area (Å²) < 4.78 is 5.55. The van der Waals surface area contributed by atoms with Gasteiger partial charge >= 0.3 is 0 Å². The number of nitrogens with one attached hydrogen (secondary N) is 2. The van der Waals surface area contributed by atoms with Gasteiger partial charge in [-0.25, -0.2) is 0 Å². The highest BCUT2D eigenvalue weighted by Gasteiger charge is 2.40. The molecule has 0 aromatic carbocycles. The number of aliphatic imine (C=N–C) groups is 1. The van der Waals surface area contributed by atoms with Gasteiger partial charge in [0.15, 0.2) is 5.96 Å². The minimum absolute atomic E-state index is 0. The maximum absolute atomic E-state index is 5.55. The van der Waals surface area contributed by atoms with Crippen LogP contribution in [0.25, 0.3) is 0 Å². The van der Waals surface area contributed by atoms with Crippen molar-refractivity contribution in [1.29, 1.82) is 0 Å². The van der Waals surface area contributed by atoms with Gasteiger partial charge in [-0.15, -0.1) is 24.0 Å². The largest absolute Gasteiger partial charge is 0.379 e. The van der Waals surface area contributed by atoms with Gasteiger partial charge in [-0.3, -0.25) is 9.89 Å². The second-order valence-electron chi connectivity index (χ2n) is 7.34. The number of guanidine groups is 1. The van der Waals surface area contributed by atoms with Gasteiger partial charge < -0.3 is 15.4 Å². The summed E-state index contributed by atoms with van der Waals surface area (Å²) >= 11 is 2.08. The monoisotopic (exact) mass is 494 g/mol. The first-order valence-electron chi connectivity index (χ1n) is 9.85. The fourth-order valence-corrected chi connectivity index (χ4v) is 5.55. The molecule has 0 spiro atoms. The molecule has 2 saturated heterocycles. The minimum Gasteiger partial charge on any atom is -0.379 e. The van der Waals surface area contributed by atoms with Crippen LogP contribution < -0.4 is 10.6 Å². The Kier molecular flexibility index (Phi) is 10.1. The molecule has 0 aromatic rings. The van der Waals surface area contributed by atoms with E-state index in [1.807, 2.05) is 7.05 Å². The summed E-state index contributed by atoms with van der Waals surface area (Å²) in [6.07, 6.45) is 10.1. The van der Waals surface area contributed by atoms with E-state index >= 15 is 0 Å². The molecule has 0 amide bonds. The summed E-state index contributed by atoms with van der Waals surface area (Å²) in [4.78, 5) is 7.08. The number of halogens is 1. The first kappa shape index (κ1) is 22.3. The smallest absolute Gasteiger partial charge is 0.191 e. The molecule has 5 nitrogen and oxygen atoms in total. The molecular formula is C19H35IN4OS. The van der Waals surface area contributed by atoms with E-state index in [-0.39, 0.29) is 29.5 Å². The van der Waals surface area contributed by atoms with Gasteiger partial charge in [-0.05, 0) is 44.3 Å². The van der Waals surface area contributed by atoms with Gasteiger partial charge in [0.05, 0.1) is 13.2 Å². The number of nitrogens with zero attached hydrogens (tertiary/aromatic N) is 2. The lowest BCUT2D eigenvalue weighted by molar-refractivity contribution is -0.0120. The third-order valence-electron chi connectivity index (χ3n) is 5.70. The molecule has 0 bridgehead atoms. The lowest BCUT2D eigenvalue weighted by Crippen LogP contribution is -2.60. The fourth-order valence-electron chi connectivity index (χ4n) is 4.08. The summed E-state index contributed by atoms with van der Waals surface area (Å²) in [7, 11) is 1.88. The van der Waals surface area contributed by atoms with Crippen molar-refractivity contribution in [3.05, 3.63) is 11.6 Å². The van der Waals surface area contributed by atoms with E-state index < -0.39 is 0 Å². The zero-order valence-corrected chi connectivity index (χ0v) is 19.2. The van der Waals surface area contributed by atoms with Gasteiger partial charge in [-0.2, -0.15) is 11.8 Å². The van der Waals surface area contributed by atoms with Crippen LogP contribution in [0.1, 0.15) is 38.5 Å². The number of ether oxygens (including phenoxy) is 1. The third-order valence-corrected chi connectivity index (χ3v) is 6.93. The predicted octanol–water partition coefficient (Wildman–Crippen LogP) is 2.87. The lowest BCUT2D eigenvalue weighted by atomic mass is 9.95. The van der Waals surface area contributed by atoms with Crippen molar-refractivity contribution in [2.45, 2.75) is 44.1 Å². The van der Waals surface area contributed by atoms with Gasteiger partial charge in [-0.1, -0.05) is 11.6 Å². The number of morpholine rings is 1. The van der Waals surface area contributed by atoms with E-state index in [0.29, 0.717) is 0 Å². The van der Waals surface area contributed by atoms with E-state index in [0.717, 1.165) is 51.8 Å². The van der Waals surface area contributed by atoms with Crippen molar-refractivity contribution in [1.82, 2.24) is 15.5 Å². The Bertz CT molecular complexity index is 474. The lowest BCUT2D eigenvalue weighted by Gasteiger charge is -2.43. The molecule has 2 aliphatic heterocycles. The Morgan fingerprint density at radius 1 is 1.31 bits per heavy atom. The first-order valence-corrected chi connectivity index (χ1v) is 11.0. The molecule has 0 aromatic heterocycles. The number of hydrogen-bond acceptors (Lipinski definition) is 4. The second-order valence-corrected chi connectivity index (χ2v) is 8.44. The Morgan fingerprint density at radius 2 is 2.15 bits per heavy atom. The maximum Gasteiger partial charge on any atom is 0.191 e. The SMILES string of the molecule is CN=C(NCCC1=CCCCC1)NCC1(N2CCOCC2)CCSC1.I. The average Bonchev–Trinajstić information content (AvgIpc) is 3.16. The van der Waals surface area contributed by atoms with Crippen LogP contribution in [0.15, 0.2) is 16.6 Å². The Morgan fingerprint density at radius 3 is 2.81 bits per heavy atom. The molecule has 1 aliphatic carbocycles. The Hall–Kier alpha value is 0.01000. The van der Waals surface area contributed by atoms with Crippen molar-refractivity contribution >= 4 is 41.7 Å². The first-order chi connectivity index (χ1) is 12.3. The van der Waals surface area contributed by atoms with Crippen LogP contribution in [0.4, 0.5) is 0 Å². The molecule has 3 aliphatic rings. The molecule has 2 fully saturated rings. The van der Waals surface area contributed by atoms with E-state index in [9.17, 15) is 0 Å². The maximum atomic E-state index is 5.55. The van der Waals surface area contributed by atoms with Crippen molar-refractivity contribution in [2.75, 3.05) is 57.9 Å². The van der Waals surface area contributed by atoms with Crippen LogP contribution in [0, 0.1) is 0 Å². The molecule has 1 unspecified atom stereocenters. The van der Waals surface area contributed by atoms with E-state index in [4.69, 9.17) is 4.74 Å². The highest BCUT2D eigenvalue weighted by molar-refractivity contribution is 14.0. The normalized spacial score (nSPS) is 27.6. The summed E-state index contributed by atoms with van der Waals surface area (Å²) in [6.45, 7) is 5.81. The van der Waals surface area contributed by atoms with Crippen molar-refractivity contribution in [3.8, 4) is 0 Å². The van der Waals surface area contributed by atoms with Gasteiger partial charge in [0.25, 0.3) is 0 Å². The summed E-state index contributed by atoms with van der Waals surface area (Å²) in [5.41, 5.74) is 1.88. The van der Waals surface area contributed by atoms with Crippen LogP contribution in [0.5, 0.6) is 0 Å².